The molecule has 1 atom stereocenters. The monoisotopic (exact) mass is 488 g/mol. The molecule has 2 heterocycles. The van der Waals surface area contributed by atoms with Gasteiger partial charge in [0.15, 0.2) is 0 Å². The van der Waals surface area contributed by atoms with Crippen molar-refractivity contribution in [3.63, 3.8) is 0 Å². The predicted octanol–water partition coefficient (Wildman–Crippen LogP) is 3.93. The van der Waals surface area contributed by atoms with Gasteiger partial charge in [-0.2, -0.15) is 0 Å². The third kappa shape index (κ3) is 5.99. The van der Waals surface area contributed by atoms with Gasteiger partial charge in [-0.1, -0.05) is 41.4 Å². The number of benzene rings is 2. The maximum Gasteiger partial charge on any atom is 0.256 e. The molecule has 2 aromatic rings. The minimum atomic E-state index is -0.457. The molecule has 2 fully saturated rings. The van der Waals surface area contributed by atoms with Crippen molar-refractivity contribution in [2.75, 3.05) is 50.7 Å². The van der Waals surface area contributed by atoms with Crippen molar-refractivity contribution < 1.29 is 9.59 Å². The number of nitrogens with one attached hydrogen (secondary N) is 1. The molecule has 0 bridgehead atoms. The third-order valence-electron chi connectivity index (χ3n) is 6.42. The molecule has 4 rings (SSSR count). The Kier molecular flexibility index (Phi) is 8.12. The Bertz CT molecular complexity index is 964. The van der Waals surface area contributed by atoms with Crippen LogP contribution in [0.4, 0.5) is 5.69 Å². The molecule has 0 saturated carbocycles. The first-order chi connectivity index (χ1) is 16.0. The molecule has 0 aromatic heterocycles. The molecule has 2 aliphatic rings. The molecule has 6 nitrogen and oxygen atoms in total. The summed E-state index contributed by atoms with van der Waals surface area (Å²) in [7, 11) is 0. The zero-order valence-corrected chi connectivity index (χ0v) is 20.2. The SMILES string of the molecule is O=C(NCCCN1CCN(c2ccccc2)CC1)C1CCCN1C(=O)c1cc(Cl)ccc1Cl. The number of piperazine rings is 1. The number of carbonyl (C=O) groups is 2. The van der Waals surface area contributed by atoms with E-state index in [9.17, 15) is 9.59 Å². The molecule has 8 heteroatoms. The summed E-state index contributed by atoms with van der Waals surface area (Å²) in [5.74, 6) is -0.329. The van der Waals surface area contributed by atoms with E-state index in [-0.39, 0.29) is 11.8 Å². The molecule has 2 aliphatic heterocycles. The number of halogens is 2. The number of amides is 2. The van der Waals surface area contributed by atoms with Crippen LogP contribution in [-0.4, -0.2) is 73.5 Å². The molecule has 176 valence electrons. The Morgan fingerprint density at radius 2 is 1.73 bits per heavy atom. The van der Waals surface area contributed by atoms with Crippen LogP contribution < -0.4 is 10.2 Å². The Labute approximate surface area is 205 Å². The van der Waals surface area contributed by atoms with Gasteiger partial charge >= 0.3 is 0 Å². The highest BCUT2D eigenvalue weighted by atomic mass is 35.5. The number of rotatable bonds is 7. The van der Waals surface area contributed by atoms with Crippen LogP contribution in [-0.2, 0) is 4.79 Å². The zero-order valence-electron chi connectivity index (χ0n) is 18.7. The molecular weight excluding hydrogens is 459 g/mol. The standard InChI is InChI=1S/C25H30Cl2N4O2/c26-19-9-10-22(27)21(18-19)25(33)31-13-4-8-23(31)24(32)28-11-5-12-29-14-16-30(17-15-29)20-6-2-1-3-7-20/h1-3,6-7,9-10,18,23H,4-5,8,11-17H2,(H,28,32). The zero-order chi connectivity index (χ0) is 23.2. The van der Waals surface area contributed by atoms with Crippen molar-refractivity contribution in [2.24, 2.45) is 0 Å². The van der Waals surface area contributed by atoms with E-state index in [1.807, 2.05) is 6.07 Å². The predicted molar refractivity (Wildman–Crippen MR) is 133 cm³/mol. The number of nitrogens with zero attached hydrogens (tertiary/aromatic N) is 3. The van der Waals surface area contributed by atoms with Gasteiger partial charge < -0.3 is 15.1 Å². The van der Waals surface area contributed by atoms with Gasteiger partial charge in [-0.15, -0.1) is 0 Å². The van der Waals surface area contributed by atoms with E-state index in [4.69, 9.17) is 23.2 Å². The first-order valence-electron chi connectivity index (χ1n) is 11.6. The van der Waals surface area contributed by atoms with Crippen molar-refractivity contribution in [2.45, 2.75) is 25.3 Å². The van der Waals surface area contributed by atoms with E-state index in [2.05, 4.69) is 39.4 Å². The Balaban J connectivity index is 1.20. The van der Waals surface area contributed by atoms with Gasteiger partial charge in [0.05, 0.1) is 10.6 Å². The van der Waals surface area contributed by atoms with Crippen molar-refractivity contribution in [3.8, 4) is 0 Å². The van der Waals surface area contributed by atoms with Crippen LogP contribution in [0.2, 0.25) is 10.0 Å². The van der Waals surface area contributed by atoms with Gasteiger partial charge in [-0.25, -0.2) is 0 Å². The fourth-order valence-corrected chi connectivity index (χ4v) is 4.97. The van der Waals surface area contributed by atoms with Gasteiger partial charge in [0.1, 0.15) is 6.04 Å². The summed E-state index contributed by atoms with van der Waals surface area (Å²) in [6.45, 7) is 6.18. The fourth-order valence-electron chi connectivity index (χ4n) is 4.60. The van der Waals surface area contributed by atoms with Crippen molar-refractivity contribution >= 4 is 40.7 Å². The fraction of sp³-hybridized carbons (Fsp3) is 0.440. The van der Waals surface area contributed by atoms with Gasteiger partial charge in [0.25, 0.3) is 5.91 Å². The van der Waals surface area contributed by atoms with Gasteiger partial charge in [-0.3, -0.25) is 14.5 Å². The summed E-state index contributed by atoms with van der Waals surface area (Å²) >= 11 is 12.2. The summed E-state index contributed by atoms with van der Waals surface area (Å²) in [5.41, 5.74) is 1.62. The normalized spacial score (nSPS) is 19.0. The lowest BCUT2D eigenvalue weighted by Crippen LogP contribution is -2.48. The maximum atomic E-state index is 13.0. The second-order valence-electron chi connectivity index (χ2n) is 8.59. The van der Waals surface area contributed by atoms with E-state index >= 15 is 0 Å². The summed E-state index contributed by atoms with van der Waals surface area (Å²) < 4.78 is 0. The van der Waals surface area contributed by atoms with Gasteiger partial charge in [0.2, 0.25) is 5.91 Å². The first kappa shape index (κ1) is 23.9. The number of carbonyl (C=O) groups excluding carboxylic acids is 2. The van der Waals surface area contributed by atoms with Crippen molar-refractivity contribution in [3.05, 3.63) is 64.1 Å². The highest BCUT2D eigenvalue weighted by Gasteiger charge is 2.35. The topological polar surface area (TPSA) is 55.9 Å². The van der Waals surface area contributed by atoms with Crippen molar-refractivity contribution in [1.29, 1.82) is 0 Å². The van der Waals surface area contributed by atoms with Gasteiger partial charge in [-0.05, 0) is 56.1 Å². The molecule has 2 saturated heterocycles. The molecule has 2 aromatic carbocycles. The summed E-state index contributed by atoms with van der Waals surface area (Å²) in [4.78, 5) is 32.3. The lowest BCUT2D eigenvalue weighted by molar-refractivity contribution is -0.124. The smallest absolute Gasteiger partial charge is 0.256 e. The molecular formula is C25H30Cl2N4O2. The minimum absolute atomic E-state index is 0.0899. The third-order valence-corrected chi connectivity index (χ3v) is 6.98. The number of para-hydroxylation sites is 1. The number of hydrogen-bond acceptors (Lipinski definition) is 4. The average Bonchev–Trinajstić information content (AvgIpc) is 3.34. The molecule has 0 spiro atoms. The van der Waals surface area contributed by atoms with Crippen LogP contribution >= 0.6 is 23.2 Å². The molecule has 0 aliphatic carbocycles. The van der Waals surface area contributed by atoms with Gasteiger partial charge in [0, 0.05) is 50.0 Å². The second-order valence-corrected chi connectivity index (χ2v) is 9.43. The summed E-state index contributed by atoms with van der Waals surface area (Å²) in [6.07, 6.45) is 2.35. The number of hydrogen-bond donors (Lipinski definition) is 1. The Morgan fingerprint density at radius 3 is 2.48 bits per heavy atom. The highest BCUT2D eigenvalue weighted by Crippen LogP contribution is 2.26. The molecule has 0 radical (unpaired) electrons. The quantitative estimate of drug-likeness (QED) is 0.599. The minimum Gasteiger partial charge on any atom is -0.369 e. The largest absolute Gasteiger partial charge is 0.369 e. The van der Waals surface area contributed by atoms with Crippen LogP contribution in [0.25, 0.3) is 0 Å². The number of anilines is 1. The maximum absolute atomic E-state index is 13.0. The highest BCUT2D eigenvalue weighted by molar-refractivity contribution is 6.35. The van der Waals surface area contributed by atoms with Crippen molar-refractivity contribution in [1.82, 2.24) is 15.1 Å². The first-order valence-corrected chi connectivity index (χ1v) is 12.3. The average molecular weight is 489 g/mol. The molecule has 2 amide bonds. The van der Waals surface area contributed by atoms with Crippen LogP contribution in [0.15, 0.2) is 48.5 Å². The van der Waals surface area contributed by atoms with E-state index in [0.29, 0.717) is 35.1 Å². The molecule has 1 N–H and O–H groups in total. The van der Waals surface area contributed by atoms with E-state index in [1.165, 1.54) is 5.69 Å². The van der Waals surface area contributed by atoms with E-state index in [0.717, 1.165) is 45.6 Å². The molecule has 33 heavy (non-hydrogen) atoms. The Morgan fingerprint density at radius 1 is 0.970 bits per heavy atom. The van der Waals surface area contributed by atoms with E-state index in [1.54, 1.807) is 23.1 Å². The van der Waals surface area contributed by atoms with E-state index < -0.39 is 6.04 Å². The second kappa shape index (κ2) is 11.2. The van der Waals surface area contributed by atoms with Crippen LogP contribution in [0.3, 0.4) is 0 Å². The van der Waals surface area contributed by atoms with Crippen LogP contribution in [0.1, 0.15) is 29.6 Å². The summed E-state index contributed by atoms with van der Waals surface area (Å²) in [6, 6.07) is 14.9. The number of likely N-dealkylation sites (tertiary alicyclic amines) is 1. The van der Waals surface area contributed by atoms with Crippen LogP contribution in [0.5, 0.6) is 0 Å². The summed E-state index contributed by atoms with van der Waals surface area (Å²) in [5, 5.41) is 3.83. The molecule has 1 unspecified atom stereocenters. The Hall–Kier alpha value is -2.28. The lowest BCUT2D eigenvalue weighted by Gasteiger charge is -2.36. The van der Waals surface area contributed by atoms with Crippen LogP contribution in [0, 0.1) is 0 Å². The lowest BCUT2D eigenvalue weighted by atomic mass is 10.1.